The molecule has 0 amide bonds. The van der Waals surface area contributed by atoms with Crippen LogP contribution in [-0.2, 0) is 10.8 Å². The fraction of sp³-hybridized carbons (Fsp3) is 0.682. The maximum Gasteiger partial charge on any atom is 0.150 e. The number of hydrogen-bond acceptors (Lipinski definition) is 2. The van der Waals surface area contributed by atoms with Gasteiger partial charge in [-0.25, -0.2) is 0 Å². The Morgan fingerprint density at radius 2 is 1.80 bits per heavy atom. The number of nitrogens with zero attached hydrogens (tertiary/aromatic N) is 1. The van der Waals surface area contributed by atoms with Gasteiger partial charge in [0.25, 0.3) is 0 Å². The van der Waals surface area contributed by atoms with E-state index in [4.69, 9.17) is 0 Å². The largest absolute Gasteiger partial charge is 0.371 e. The van der Waals surface area contributed by atoms with Crippen molar-refractivity contribution in [3.8, 4) is 0 Å². The Morgan fingerprint density at radius 1 is 1.16 bits per heavy atom. The molecule has 0 saturated carbocycles. The molecule has 0 spiro atoms. The van der Waals surface area contributed by atoms with Gasteiger partial charge in [-0.3, -0.25) is 4.79 Å². The van der Waals surface area contributed by atoms with Crippen LogP contribution in [0.5, 0.6) is 0 Å². The van der Waals surface area contributed by atoms with Crippen LogP contribution in [-0.4, -0.2) is 27.4 Å². The van der Waals surface area contributed by atoms with Crippen molar-refractivity contribution in [1.82, 2.24) is 0 Å². The summed E-state index contributed by atoms with van der Waals surface area (Å²) >= 11 is 0. The maximum atomic E-state index is 11.6. The highest BCUT2D eigenvalue weighted by molar-refractivity contribution is 6.76. The smallest absolute Gasteiger partial charge is 0.150 e. The van der Waals surface area contributed by atoms with Crippen molar-refractivity contribution in [2.75, 3.05) is 18.0 Å². The number of anilines is 1. The van der Waals surface area contributed by atoms with Crippen LogP contribution in [0.25, 0.3) is 0 Å². The van der Waals surface area contributed by atoms with E-state index in [-0.39, 0.29) is 10.8 Å². The molecular formula is C22H35NOSi. The van der Waals surface area contributed by atoms with Gasteiger partial charge in [0.15, 0.2) is 0 Å². The molecule has 1 aromatic carbocycles. The van der Waals surface area contributed by atoms with Crippen LogP contribution < -0.4 is 4.90 Å². The fourth-order valence-corrected chi connectivity index (χ4v) is 5.90. The number of benzene rings is 1. The van der Waals surface area contributed by atoms with Gasteiger partial charge in [0, 0.05) is 32.4 Å². The van der Waals surface area contributed by atoms with Gasteiger partial charge in [-0.2, -0.15) is 0 Å². The monoisotopic (exact) mass is 357 g/mol. The predicted molar refractivity (Wildman–Crippen MR) is 111 cm³/mol. The molecule has 0 aromatic heterocycles. The quantitative estimate of drug-likeness (QED) is 0.515. The summed E-state index contributed by atoms with van der Waals surface area (Å²) in [5.41, 5.74) is 5.37. The average Bonchev–Trinajstić information content (AvgIpc) is 2.50. The number of aldehydes is 1. The summed E-state index contributed by atoms with van der Waals surface area (Å²) in [5, 5.41) is 0. The molecule has 3 heteroatoms. The van der Waals surface area contributed by atoms with Crippen LogP contribution in [0.1, 0.15) is 62.0 Å². The van der Waals surface area contributed by atoms with E-state index in [1.165, 1.54) is 42.2 Å². The first kappa shape index (κ1) is 18.7. The Morgan fingerprint density at radius 3 is 2.40 bits per heavy atom. The minimum atomic E-state index is -1.04. The van der Waals surface area contributed by atoms with Gasteiger partial charge in [0.05, 0.1) is 0 Å². The Kier molecular flexibility index (Phi) is 4.46. The normalized spacial score (nSPS) is 24.0. The van der Waals surface area contributed by atoms with Crippen LogP contribution in [0.4, 0.5) is 5.69 Å². The third-order valence-electron chi connectivity index (χ3n) is 6.72. The molecule has 2 aliphatic heterocycles. The van der Waals surface area contributed by atoms with Crippen molar-refractivity contribution < 1.29 is 4.79 Å². The van der Waals surface area contributed by atoms with Crippen molar-refractivity contribution in [2.45, 2.75) is 77.1 Å². The third kappa shape index (κ3) is 3.32. The molecule has 0 aliphatic carbocycles. The van der Waals surface area contributed by atoms with Gasteiger partial charge in [-0.15, -0.1) is 0 Å². The number of carbonyl (C=O) groups excluding carboxylic acids is 1. The molecule has 1 aromatic rings. The number of rotatable bonds is 4. The third-order valence-corrected chi connectivity index (χ3v) is 8.51. The minimum Gasteiger partial charge on any atom is -0.371 e. The fourth-order valence-electron chi connectivity index (χ4n) is 4.69. The summed E-state index contributed by atoms with van der Waals surface area (Å²) in [4.78, 5) is 14.2. The molecule has 0 fully saturated rings. The summed E-state index contributed by atoms with van der Waals surface area (Å²) in [6.45, 7) is 19.2. The van der Waals surface area contributed by atoms with Crippen LogP contribution >= 0.6 is 0 Å². The molecule has 0 N–H and O–H groups in total. The van der Waals surface area contributed by atoms with E-state index in [0.29, 0.717) is 5.92 Å². The second-order valence-corrected chi connectivity index (χ2v) is 16.3. The van der Waals surface area contributed by atoms with E-state index < -0.39 is 8.07 Å². The first-order valence-electron chi connectivity index (χ1n) is 9.85. The van der Waals surface area contributed by atoms with E-state index in [1.54, 1.807) is 0 Å². The van der Waals surface area contributed by atoms with Gasteiger partial charge >= 0.3 is 0 Å². The first-order valence-corrected chi connectivity index (χ1v) is 13.6. The van der Waals surface area contributed by atoms with E-state index in [0.717, 1.165) is 18.4 Å². The van der Waals surface area contributed by atoms with E-state index in [1.807, 2.05) is 0 Å². The van der Waals surface area contributed by atoms with Gasteiger partial charge in [0.2, 0.25) is 0 Å². The van der Waals surface area contributed by atoms with Gasteiger partial charge in [-0.1, -0.05) is 59.8 Å². The molecule has 0 radical (unpaired) electrons. The molecule has 3 rings (SSSR count). The molecule has 1 atom stereocenters. The van der Waals surface area contributed by atoms with E-state index in [9.17, 15) is 4.79 Å². The van der Waals surface area contributed by atoms with Crippen molar-refractivity contribution in [3.05, 3.63) is 28.8 Å². The average molecular weight is 358 g/mol. The molecule has 25 heavy (non-hydrogen) atoms. The molecule has 2 nitrogen and oxygen atoms in total. The van der Waals surface area contributed by atoms with Gasteiger partial charge < -0.3 is 4.90 Å². The predicted octanol–water partition coefficient (Wildman–Crippen LogP) is 5.62. The SMILES string of the molecule is CC1(C)CCN2CC(CC[Si](C)(C)C)C(C)(C)c3cc(C=O)cc1c32. The molecule has 2 heterocycles. The van der Waals surface area contributed by atoms with Crippen molar-refractivity contribution in [3.63, 3.8) is 0 Å². The maximum absolute atomic E-state index is 11.6. The highest BCUT2D eigenvalue weighted by Gasteiger charge is 2.44. The molecule has 1 unspecified atom stereocenters. The van der Waals surface area contributed by atoms with Crippen molar-refractivity contribution >= 4 is 20.0 Å². The number of carbonyl (C=O) groups is 1. The summed E-state index contributed by atoms with van der Waals surface area (Å²) in [6, 6.07) is 5.72. The number of hydrogen-bond donors (Lipinski definition) is 0. The van der Waals surface area contributed by atoms with Crippen LogP contribution in [0.15, 0.2) is 12.1 Å². The molecule has 0 bridgehead atoms. The topological polar surface area (TPSA) is 20.3 Å². The Bertz CT molecular complexity index is 684. The summed E-state index contributed by atoms with van der Waals surface area (Å²) in [5.74, 6) is 0.669. The van der Waals surface area contributed by atoms with E-state index in [2.05, 4.69) is 64.4 Å². The summed E-state index contributed by atoms with van der Waals surface area (Å²) in [7, 11) is -1.04. The Balaban J connectivity index is 2.09. The lowest BCUT2D eigenvalue weighted by atomic mass is 9.64. The van der Waals surface area contributed by atoms with E-state index >= 15 is 0 Å². The molecule has 138 valence electrons. The Hall–Kier alpha value is -1.09. The molecule has 2 aliphatic rings. The minimum absolute atomic E-state index is 0.132. The van der Waals surface area contributed by atoms with Gasteiger partial charge in [0.1, 0.15) is 6.29 Å². The highest BCUT2D eigenvalue weighted by atomic mass is 28.3. The van der Waals surface area contributed by atoms with Crippen molar-refractivity contribution in [2.24, 2.45) is 5.92 Å². The van der Waals surface area contributed by atoms with Crippen LogP contribution in [0, 0.1) is 5.92 Å². The zero-order chi connectivity index (χ0) is 18.6. The highest BCUT2D eigenvalue weighted by Crippen LogP contribution is 2.52. The first-order chi connectivity index (χ1) is 11.5. The zero-order valence-corrected chi connectivity index (χ0v) is 18.2. The lowest BCUT2D eigenvalue weighted by Gasteiger charge is -2.52. The van der Waals surface area contributed by atoms with Crippen molar-refractivity contribution in [1.29, 1.82) is 0 Å². The van der Waals surface area contributed by atoms with Crippen LogP contribution in [0.2, 0.25) is 25.7 Å². The zero-order valence-electron chi connectivity index (χ0n) is 17.2. The molecule has 0 saturated heterocycles. The summed E-state index contributed by atoms with van der Waals surface area (Å²) < 4.78 is 0. The second-order valence-electron chi connectivity index (χ2n) is 10.7. The molecular weight excluding hydrogens is 322 g/mol. The Labute approximate surface area is 155 Å². The summed E-state index contributed by atoms with van der Waals surface area (Å²) in [6.07, 6.45) is 3.51. The lowest BCUT2D eigenvalue weighted by molar-refractivity contribution is 0.112. The second kappa shape index (κ2) is 5.97. The van der Waals surface area contributed by atoms with Gasteiger partial charge in [-0.05, 0) is 46.4 Å². The van der Waals surface area contributed by atoms with Crippen LogP contribution in [0.3, 0.4) is 0 Å². The lowest BCUT2D eigenvalue weighted by Crippen LogP contribution is -2.50. The standard InChI is InChI=1S/C22H35NOSi/c1-21(2)9-10-23-14-17(8-11-25(5,6)7)22(3,4)19-13-16(15-24)12-18(21)20(19)23/h12-13,15,17H,8-11,14H2,1-7H3.